The van der Waals surface area contributed by atoms with Crippen LogP contribution in [0.1, 0.15) is 11.1 Å². The van der Waals surface area contributed by atoms with E-state index in [1.54, 1.807) is 18.3 Å². The lowest BCUT2D eigenvalue weighted by atomic mass is 10.1. The molecular formula is C13H12BrN3O. The zero-order valence-electron chi connectivity index (χ0n) is 9.77. The molecule has 0 spiro atoms. The molecule has 0 radical (unpaired) electrons. The predicted molar refractivity (Wildman–Crippen MR) is 75.1 cm³/mol. The van der Waals surface area contributed by atoms with Gasteiger partial charge in [0.1, 0.15) is 5.82 Å². The number of carbonyl (C=O) groups excluding carboxylic acids is 1. The summed E-state index contributed by atoms with van der Waals surface area (Å²) in [6.45, 7) is 2.02. The average molecular weight is 306 g/mol. The van der Waals surface area contributed by atoms with Crippen molar-refractivity contribution in [1.82, 2.24) is 10.2 Å². The number of aromatic amines is 1. The van der Waals surface area contributed by atoms with Gasteiger partial charge in [-0.25, -0.2) is 0 Å². The molecule has 0 bridgehead atoms. The zero-order valence-corrected chi connectivity index (χ0v) is 11.4. The van der Waals surface area contributed by atoms with Crippen molar-refractivity contribution >= 4 is 33.7 Å². The summed E-state index contributed by atoms with van der Waals surface area (Å²) < 4.78 is 0.966. The van der Waals surface area contributed by atoms with Gasteiger partial charge in [0.2, 0.25) is 5.91 Å². The van der Waals surface area contributed by atoms with E-state index in [-0.39, 0.29) is 5.91 Å². The number of hydrogen-bond acceptors (Lipinski definition) is 2. The van der Waals surface area contributed by atoms with Gasteiger partial charge in [-0.15, -0.1) is 0 Å². The third kappa shape index (κ3) is 3.30. The van der Waals surface area contributed by atoms with Gasteiger partial charge in [0.05, 0.1) is 6.20 Å². The lowest BCUT2D eigenvalue weighted by molar-refractivity contribution is -0.111. The number of rotatable bonds is 3. The number of benzene rings is 1. The topological polar surface area (TPSA) is 57.8 Å². The minimum Gasteiger partial charge on any atom is -0.307 e. The summed E-state index contributed by atoms with van der Waals surface area (Å²) in [4.78, 5) is 11.6. The van der Waals surface area contributed by atoms with E-state index >= 15 is 0 Å². The molecule has 0 aliphatic carbocycles. The molecule has 1 aromatic carbocycles. The second-order valence-corrected chi connectivity index (χ2v) is 4.67. The second-order valence-electron chi connectivity index (χ2n) is 3.82. The van der Waals surface area contributed by atoms with E-state index in [0.29, 0.717) is 5.82 Å². The Balaban J connectivity index is 2.04. The summed E-state index contributed by atoms with van der Waals surface area (Å²) >= 11 is 3.46. The van der Waals surface area contributed by atoms with E-state index in [1.807, 2.05) is 25.1 Å². The van der Waals surface area contributed by atoms with Crippen molar-refractivity contribution < 1.29 is 4.79 Å². The summed E-state index contributed by atoms with van der Waals surface area (Å²) in [6, 6.07) is 7.65. The fourth-order valence-electron chi connectivity index (χ4n) is 1.43. The van der Waals surface area contributed by atoms with Crippen molar-refractivity contribution in [2.24, 2.45) is 0 Å². The number of hydrogen-bond donors (Lipinski definition) is 2. The first kappa shape index (κ1) is 12.6. The molecule has 2 rings (SSSR count). The molecule has 1 aromatic heterocycles. The molecule has 1 amide bonds. The van der Waals surface area contributed by atoms with Gasteiger partial charge in [-0.05, 0) is 30.2 Å². The van der Waals surface area contributed by atoms with Crippen molar-refractivity contribution in [3.05, 3.63) is 52.1 Å². The number of halogens is 1. The molecule has 0 unspecified atom stereocenters. The summed E-state index contributed by atoms with van der Waals surface area (Å²) in [5, 5.41) is 9.07. The van der Waals surface area contributed by atoms with Gasteiger partial charge in [-0.1, -0.05) is 28.1 Å². The number of amides is 1. The molecule has 0 fully saturated rings. The van der Waals surface area contributed by atoms with E-state index in [9.17, 15) is 4.79 Å². The van der Waals surface area contributed by atoms with E-state index in [1.165, 1.54) is 11.6 Å². The molecule has 0 saturated carbocycles. The molecule has 0 aliphatic rings. The number of aryl methyl sites for hydroxylation is 1. The number of H-pyrrole nitrogens is 1. The Morgan fingerprint density at radius 2 is 2.28 bits per heavy atom. The number of aromatic nitrogens is 2. The van der Waals surface area contributed by atoms with Crippen LogP contribution < -0.4 is 5.32 Å². The minimum absolute atomic E-state index is 0.202. The van der Waals surface area contributed by atoms with Crippen LogP contribution in [0.2, 0.25) is 0 Å². The van der Waals surface area contributed by atoms with Crippen molar-refractivity contribution in [3.63, 3.8) is 0 Å². The van der Waals surface area contributed by atoms with E-state index in [4.69, 9.17) is 0 Å². The van der Waals surface area contributed by atoms with E-state index < -0.39 is 0 Å². The Labute approximate surface area is 113 Å². The van der Waals surface area contributed by atoms with Gasteiger partial charge >= 0.3 is 0 Å². The van der Waals surface area contributed by atoms with Gasteiger partial charge in [-0.3, -0.25) is 9.89 Å². The third-order valence-corrected chi connectivity index (χ3v) is 3.02. The van der Waals surface area contributed by atoms with Crippen LogP contribution in [0.15, 0.2) is 41.0 Å². The van der Waals surface area contributed by atoms with Crippen LogP contribution in [0, 0.1) is 6.92 Å². The average Bonchev–Trinajstić information content (AvgIpc) is 2.80. The van der Waals surface area contributed by atoms with E-state index in [0.717, 1.165) is 10.0 Å². The largest absolute Gasteiger partial charge is 0.307 e. The number of nitrogens with zero attached hydrogens (tertiary/aromatic N) is 1. The van der Waals surface area contributed by atoms with Crippen LogP contribution in [0.3, 0.4) is 0 Å². The van der Waals surface area contributed by atoms with Crippen molar-refractivity contribution in [3.8, 4) is 0 Å². The lowest BCUT2D eigenvalue weighted by Gasteiger charge is -2.00. The molecule has 0 atom stereocenters. The zero-order chi connectivity index (χ0) is 13.0. The molecule has 4 nitrogen and oxygen atoms in total. The quantitative estimate of drug-likeness (QED) is 0.856. The fourth-order valence-corrected chi connectivity index (χ4v) is 2.06. The van der Waals surface area contributed by atoms with Crippen LogP contribution in [0.4, 0.5) is 5.82 Å². The predicted octanol–water partition coefficient (Wildman–Crippen LogP) is 3.13. The molecule has 92 valence electrons. The Hall–Kier alpha value is -1.88. The molecule has 2 aromatic rings. The normalized spacial score (nSPS) is 10.8. The molecular weight excluding hydrogens is 294 g/mol. The molecule has 0 aliphatic heterocycles. The summed E-state index contributed by atoms with van der Waals surface area (Å²) in [5.41, 5.74) is 2.13. The minimum atomic E-state index is -0.202. The second kappa shape index (κ2) is 5.64. The van der Waals surface area contributed by atoms with Gasteiger partial charge in [0.25, 0.3) is 0 Å². The van der Waals surface area contributed by atoms with E-state index in [2.05, 4.69) is 31.4 Å². The molecule has 5 heteroatoms. The number of nitrogens with one attached hydrogen (secondary N) is 2. The van der Waals surface area contributed by atoms with Crippen molar-refractivity contribution in [2.45, 2.75) is 6.92 Å². The highest BCUT2D eigenvalue weighted by atomic mass is 79.9. The highest BCUT2D eigenvalue weighted by molar-refractivity contribution is 9.10. The first-order valence-electron chi connectivity index (χ1n) is 5.40. The summed E-state index contributed by atoms with van der Waals surface area (Å²) in [7, 11) is 0. The van der Waals surface area contributed by atoms with Gasteiger partial charge in [0, 0.05) is 16.6 Å². The maximum absolute atomic E-state index is 11.6. The highest BCUT2D eigenvalue weighted by Gasteiger charge is 2.00. The van der Waals surface area contributed by atoms with Crippen molar-refractivity contribution in [2.75, 3.05) is 5.32 Å². The Kier molecular flexibility index (Phi) is 3.94. The fraction of sp³-hybridized carbons (Fsp3) is 0.0769. The molecule has 0 saturated heterocycles. The summed E-state index contributed by atoms with van der Waals surface area (Å²) in [5.74, 6) is 0.374. The Morgan fingerprint density at radius 3 is 2.94 bits per heavy atom. The Bertz CT molecular complexity index is 576. The first-order chi connectivity index (χ1) is 8.65. The van der Waals surface area contributed by atoms with Gasteiger partial charge in [0.15, 0.2) is 0 Å². The van der Waals surface area contributed by atoms with Crippen LogP contribution in [-0.2, 0) is 4.79 Å². The monoisotopic (exact) mass is 305 g/mol. The van der Waals surface area contributed by atoms with Crippen LogP contribution in [0.25, 0.3) is 6.08 Å². The number of carbonyl (C=O) groups is 1. The molecule has 18 heavy (non-hydrogen) atoms. The van der Waals surface area contributed by atoms with Gasteiger partial charge < -0.3 is 5.32 Å². The first-order valence-corrected chi connectivity index (χ1v) is 6.19. The smallest absolute Gasteiger partial charge is 0.249 e. The maximum Gasteiger partial charge on any atom is 0.249 e. The standard InChI is InChI=1S/C13H12BrN3O/c1-9-2-3-10(11(14)8-9)4-5-13(18)16-12-6-7-15-17-12/h2-8H,1H3,(H2,15,16,17,18). The lowest BCUT2D eigenvalue weighted by Crippen LogP contribution is -2.07. The number of anilines is 1. The molecule has 2 N–H and O–H groups in total. The van der Waals surface area contributed by atoms with Crippen LogP contribution in [-0.4, -0.2) is 16.1 Å². The SMILES string of the molecule is Cc1ccc(C=CC(=O)Nc2ccn[nH]2)c(Br)c1. The van der Waals surface area contributed by atoms with Crippen LogP contribution in [0.5, 0.6) is 0 Å². The summed E-state index contributed by atoms with van der Waals surface area (Å²) in [6.07, 6.45) is 4.82. The molecule has 1 heterocycles. The third-order valence-electron chi connectivity index (χ3n) is 2.33. The van der Waals surface area contributed by atoms with Gasteiger partial charge in [-0.2, -0.15) is 5.10 Å². The highest BCUT2D eigenvalue weighted by Crippen LogP contribution is 2.19. The maximum atomic E-state index is 11.6. The van der Waals surface area contributed by atoms with Crippen molar-refractivity contribution in [1.29, 1.82) is 0 Å². The Morgan fingerprint density at radius 1 is 1.44 bits per heavy atom. The van der Waals surface area contributed by atoms with Crippen LogP contribution >= 0.6 is 15.9 Å².